The minimum atomic E-state index is -0.955. The van der Waals surface area contributed by atoms with Crippen LogP contribution < -0.4 is 0 Å². The second kappa shape index (κ2) is 6.86. The van der Waals surface area contributed by atoms with E-state index in [1.54, 1.807) is 0 Å². The first-order chi connectivity index (χ1) is 6.56. The Balaban J connectivity index is 3.83. The zero-order valence-corrected chi connectivity index (χ0v) is 7.64. The van der Waals surface area contributed by atoms with Gasteiger partial charge in [-0.05, 0) is 0 Å². The Morgan fingerprint density at radius 2 is 1.57 bits per heavy atom. The smallest absolute Gasteiger partial charge is 0.304 e. The molecule has 0 fully saturated rings. The third-order valence-electron chi connectivity index (χ3n) is 1.58. The van der Waals surface area contributed by atoms with Gasteiger partial charge in [-0.3, -0.25) is 14.5 Å². The summed E-state index contributed by atoms with van der Waals surface area (Å²) in [7, 11) is 0. The minimum absolute atomic E-state index is 0.0561. The summed E-state index contributed by atoms with van der Waals surface area (Å²) in [6.45, 7) is 0.465. The van der Waals surface area contributed by atoms with E-state index in [0.717, 1.165) is 0 Å². The molecule has 0 aliphatic heterocycles. The minimum Gasteiger partial charge on any atom is -0.481 e. The summed E-state index contributed by atoms with van der Waals surface area (Å²) >= 11 is 0. The van der Waals surface area contributed by atoms with E-state index in [9.17, 15) is 9.59 Å². The third-order valence-corrected chi connectivity index (χ3v) is 1.58. The van der Waals surface area contributed by atoms with Crippen molar-refractivity contribution in [1.82, 2.24) is 4.90 Å². The van der Waals surface area contributed by atoms with Crippen LogP contribution in [0.1, 0.15) is 12.8 Å². The molecule has 6 nitrogen and oxygen atoms in total. The van der Waals surface area contributed by atoms with Crippen LogP contribution in [0.3, 0.4) is 0 Å². The van der Waals surface area contributed by atoms with Crippen LogP contribution in [0.25, 0.3) is 0 Å². The zero-order valence-electron chi connectivity index (χ0n) is 7.64. The number of carboxylic acids is 2. The average Bonchev–Trinajstić information content (AvgIpc) is 2.09. The molecule has 0 aromatic carbocycles. The SMILES string of the molecule is N#CCN(CCC(=O)O)CCC(=O)O. The highest BCUT2D eigenvalue weighted by molar-refractivity contribution is 5.67. The van der Waals surface area contributed by atoms with Gasteiger partial charge in [0.15, 0.2) is 0 Å². The quantitative estimate of drug-likeness (QED) is 0.550. The normalized spacial score (nSPS) is 9.71. The lowest BCUT2D eigenvalue weighted by Crippen LogP contribution is -2.29. The van der Waals surface area contributed by atoms with Crippen molar-refractivity contribution in [3.63, 3.8) is 0 Å². The Bertz CT molecular complexity index is 228. The molecule has 0 saturated carbocycles. The standard InChI is InChI=1S/C8H12N2O4/c9-3-6-10(4-1-7(11)12)5-2-8(13)14/h1-2,4-6H2,(H,11,12)(H,13,14). The first-order valence-corrected chi connectivity index (χ1v) is 4.09. The van der Waals surface area contributed by atoms with E-state index in [0.29, 0.717) is 0 Å². The molecule has 0 atom stereocenters. The molecule has 0 bridgehead atoms. The van der Waals surface area contributed by atoms with Crippen LogP contribution in [0.4, 0.5) is 0 Å². The number of hydrogen-bond donors (Lipinski definition) is 2. The van der Waals surface area contributed by atoms with Crippen molar-refractivity contribution in [3.05, 3.63) is 0 Å². The maximum atomic E-state index is 10.2. The average molecular weight is 200 g/mol. The number of nitriles is 1. The van der Waals surface area contributed by atoms with Crippen molar-refractivity contribution in [1.29, 1.82) is 5.26 Å². The Morgan fingerprint density at radius 3 is 1.86 bits per heavy atom. The van der Waals surface area contributed by atoms with Crippen LogP contribution in [0.2, 0.25) is 0 Å². The first kappa shape index (κ1) is 12.4. The number of carboxylic acid groups (broad SMARTS) is 2. The first-order valence-electron chi connectivity index (χ1n) is 4.09. The number of carbonyl (C=O) groups is 2. The Hall–Kier alpha value is -1.61. The van der Waals surface area contributed by atoms with Crippen molar-refractivity contribution in [2.75, 3.05) is 19.6 Å². The molecule has 0 spiro atoms. The van der Waals surface area contributed by atoms with Crippen LogP contribution in [-0.4, -0.2) is 46.7 Å². The molecule has 0 radical (unpaired) electrons. The van der Waals surface area contributed by atoms with Gasteiger partial charge in [0.05, 0.1) is 25.5 Å². The molecule has 2 N–H and O–H groups in total. The van der Waals surface area contributed by atoms with Gasteiger partial charge in [-0.15, -0.1) is 0 Å². The molecular weight excluding hydrogens is 188 g/mol. The van der Waals surface area contributed by atoms with Crippen molar-refractivity contribution in [2.24, 2.45) is 0 Å². The maximum Gasteiger partial charge on any atom is 0.304 e. The number of aliphatic carboxylic acids is 2. The zero-order chi connectivity index (χ0) is 11.0. The topological polar surface area (TPSA) is 102 Å². The summed E-state index contributed by atoms with van der Waals surface area (Å²) in [5, 5.41) is 25.1. The van der Waals surface area contributed by atoms with E-state index < -0.39 is 11.9 Å². The van der Waals surface area contributed by atoms with Gasteiger partial charge >= 0.3 is 11.9 Å². The predicted molar refractivity (Wildman–Crippen MR) is 46.6 cm³/mol. The van der Waals surface area contributed by atoms with Crippen molar-refractivity contribution in [3.8, 4) is 6.07 Å². The molecule has 14 heavy (non-hydrogen) atoms. The van der Waals surface area contributed by atoms with Crippen LogP contribution in [0.5, 0.6) is 0 Å². The second-order valence-corrected chi connectivity index (χ2v) is 2.72. The van der Waals surface area contributed by atoms with Gasteiger partial charge in [0, 0.05) is 13.1 Å². The van der Waals surface area contributed by atoms with E-state index in [1.165, 1.54) is 4.90 Å². The van der Waals surface area contributed by atoms with Crippen LogP contribution in [0, 0.1) is 11.3 Å². The van der Waals surface area contributed by atoms with Gasteiger partial charge in [0.1, 0.15) is 0 Å². The predicted octanol–water partition coefficient (Wildman–Crippen LogP) is -0.239. The van der Waals surface area contributed by atoms with Gasteiger partial charge in [-0.25, -0.2) is 0 Å². The summed E-state index contributed by atoms with van der Waals surface area (Å²) in [5.74, 6) is -1.91. The Kier molecular flexibility index (Phi) is 6.07. The fourth-order valence-electron chi connectivity index (χ4n) is 0.877. The number of hydrogen-bond acceptors (Lipinski definition) is 4. The summed E-state index contributed by atoms with van der Waals surface area (Å²) in [6, 6.07) is 1.86. The summed E-state index contributed by atoms with van der Waals surface area (Å²) in [5.41, 5.74) is 0. The van der Waals surface area contributed by atoms with Crippen molar-refractivity contribution >= 4 is 11.9 Å². The highest BCUT2D eigenvalue weighted by Crippen LogP contribution is 1.94. The molecule has 78 valence electrons. The lowest BCUT2D eigenvalue weighted by molar-refractivity contribution is -0.137. The highest BCUT2D eigenvalue weighted by atomic mass is 16.4. The molecule has 0 unspecified atom stereocenters. The summed E-state index contributed by atoms with van der Waals surface area (Å²) < 4.78 is 0. The van der Waals surface area contributed by atoms with E-state index in [1.807, 2.05) is 6.07 Å². The van der Waals surface area contributed by atoms with Gasteiger partial charge < -0.3 is 10.2 Å². The lowest BCUT2D eigenvalue weighted by atomic mass is 10.3. The molecule has 0 aromatic heterocycles. The fourth-order valence-corrected chi connectivity index (χ4v) is 0.877. The molecule has 0 aliphatic rings. The number of rotatable bonds is 7. The molecule has 0 amide bonds. The molecular formula is C8H12N2O4. The van der Waals surface area contributed by atoms with Crippen LogP contribution in [0.15, 0.2) is 0 Å². The van der Waals surface area contributed by atoms with Gasteiger partial charge in [0.25, 0.3) is 0 Å². The molecule has 0 aliphatic carbocycles. The molecule has 0 heterocycles. The second-order valence-electron chi connectivity index (χ2n) is 2.72. The van der Waals surface area contributed by atoms with Gasteiger partial charge in [-0.1, -0.05) is 0 Å². The largest absolute Gasteiger partial charge is 0.481 e. The van der Waals surface area contributed by atoms with Crippen LogP contribution in [-0.2, 0) is 9.59 Å². The van der Waals surface area contributed by atoms with E-state index in [2.05, 4.69) is 0 Å². The van der Waals surface area contributed by atoms with E-state index in [-0.39, 0.29) is 32.5 Å². The van der Waals surface area contributed by atoms with Crippen LogP contribution >= 0.6 is 0 Å². The monoisotopic (exact) mass is 200 g/mol. The lowest BCUT2D eigenvalue weighted by Gasteiger charge is -2.16. The highest BCUT2D eigenvalue weighted by Gasteiger charge is 2.08. The Labute approximate surface area is 81.4 Å². The van der Waals surface area contributed by atoms with Gasteiger partial charge in [-0.2, -0.15) is 5.26 Å². The van der Waals surface area contributed by atoms with Crippen molar-refractivity contribution < 1.29 is 19.8 Å². The molecule has 0 aromatic rings. The molecule has 0 rings (SSSR count). The molecule has 6 heteroatoms. The number of nitrogens with zero attached hydrogens (tertiary/aromatic N) is 2. The molecule has 0 saturated heterocycles. The third kappa shape index (κ3) is 7.06. The van der Waals surface area contributed by atoms with Crippen molar-refractivity contribution in [2.45, 2.75) is 12.8 Å². The van der Waals surface area contributed by atoms with Gasteiger partial charge in [0.2, 0.25) is 0 Å². The summed E-state index contributed by atoms with van der Waals surface area (Å²) in [4.78, 5) is 21.9. The Morgan fingerprint density at radius 1 is 1.14 bits per heavy atom. The van der Waals surface area contributed by atoms with E-state index in [4.69, 9.17) is 15.5 Å². The maximum absolute atomic E-state index is 10.2. The fraction of sp³-hybridized carbons (Fsp3) is 0.625. The summed E-state index contributed by atoms with van der Waals surface area (Å²) in [6.07, 6.45) is -0.164. The van der Waals surface area contributed by atoms with E-state index >= 15 is 0 Å².